The number of anilines is 4. The van der Waals surface area contributed by atoms with Gasteiger partial charge in [0, 0.05) is 39.9 Å². The molecule has 6 aromatic rings. The Morgan fingerprint density at radius 1 is 0.714 bits per heavy atom. The molecule has 6 nitrogen and oxygen atoms in total. The normalized spacial score (nSPS) is 10.8. The Kier molecular flexibility index (Phi) is 5.06. The molecule has 0 amide bonds. The SMILES string of the molecule is N#Cc1ccc2nccc(Nc3ccc4oc(-c5cccc(Nc6ccccc6)c5)nc4c3)c2c1. The first-order valence-corrected chi connectivity index (χ1v) is 11.1. The number of benzene rings is 4. The Morgan fingerprint density at radius 2 is 1.57 bits per heavy atom. The molecule has 4 aromatic carbocycles. The third-order valence-electron chi connectivity index (χ3n) is 5.71. The molecule has 0 unspecified atom stereocenters. The van der Waals surface area contributed by atoms with Gasteiger partial charge < -0.3 is 15.1 Å². The highest BCUT2D eigenvalue weighted by atomic mass is 16.3. The van der Waals surface area contributed by atoms with Crippen LogP contribution in [0, 0.1) is 11.3 Å². The van der Waals surface area contributed by atoms with Crippen molar-refractivity contribution in [3.63, 3.8) is 0 Å². The van der Waals surface area contributed by atoms with Crippen LogP contribution in [0.25, 0.3) is 33.5 Å². The predicted molar refractivity (Wildman–Crippen MR) is 139 cm³/mol. The van der Waals surface area contributed by atoms with E-state index in [1.807, 2.05) is 91.0 Å². The number of fused-ring (bicyclic) bond motifs is 2. The Balaban J connectivity index is 1.30. The summed E-state index contributed by atoms with van der Waals surface area (Å²) in [5.41, 5.74) is 7.48. The number of rotatable bonds is 5. The number of para-hydroxylation sites is 1. The van der Waals surface area contributed by atoms with Crippen LogP contribution >= 0.6 is 0 Å². The number of nitrogens with one attached hydrogen (secondary N) is 2. The van der Waals surface area contributed by atoms with Gasteiger partial charge in [0.15, 0.2) is 5.58 Å². The molecule has 6 rings (SSSR count). The van der Waals surface area contributed by atoms with E-state index in [4.69, 9.17) is 9.40 Å². The van der Waals surface area contributed by atoms with E-state index in [0.29, 0.717) is 17.0 Å². The highest BCUT2D eigenvalue weighted by Crippen LogP contribution is 2.31. The van der Waals surface area contributed by atoms with Gasteiger partial charge in [-0.3, -0.25) is 4.98 Å². The predicted octanol–water partition coefficient (Wildman–Crippen LogP) is 7.40. The van der Waals surface area contributed by atoms with E-state index in [1.54, 1.807) is 12.3 Å². The van der Waals surface area contributed by atoms with Crippen LogP contribution in [0.2, 0.25) is 0 Å². The minimum absolute atomic E-state index is 0.557. The lowest BCUT2D eigenvalue weighted by molar-refractivity contribution is 0.620. The van der Waals surface area contributed by atoms with E-state index in [0.717, 1.165) is 44.7 Å². The van der Waals surface area contributed by atoms with Gasteiger partial charge >= 0.3 is 0 Å². The van der Waals surface area contributed by atoms with Crippen LogP contribution in [0.15, 0.2) is 108 Å². The van der Waals surface area contributed by atoms with Crippen LogP contribution in [0.5, 0.6) is 0 Å². The molecule has 0 bridgehead atoms. The molecule has 0 aliphatic carbocycles. The second kappa shape index (κ2) is 8.65. The van der Waals surface area contributed by atoms with Crippen molar-refractivity contribution in [3.8, 4) is 17.5 Å². The highest BCUT2D eigenvalue weighted by molar-refractivity contribution is 5.94. The van der Waals surface area contributed by atoms with Gasteiger partial charge in [-0.15, -0.1) is 0 Å². The molecular weight excluding hydrogens is 434 g/mol. The Bertz CT molecular complexity index is 1720. The van der Waals surface area contributed by atoms with E-state index in [1.165, 1.54) is 0 Å². The zero-order valence-electron chi connectivity index (χ0n) is 18.6. The van der Waals surface area contributed by atoms with Crippen molar-refractivity contribution in [2.45, 2.75) is 0 Å². The summed E-state index contributed by atoms with van der Waals surface area (Å²) in [4.78, 5) is 9.13. The Morgan fingerprint density at radius 3 is 2.46 bits per heavy atom. The Hall–Kier alpha value is -5.15. The second-order valence-corrected chi connectivity index (χ2v) is 8.10. The van der Waals surface area contributed by atoms with Crippen molar-refractivity contribution in [2.24, 2.45) is 0 Å². The Labute approximate surface area is 201 Å². The maximum Gasteiger partial charge on any atom is 0.227 e. The summed E-state index contributed by atoms with van der Waals surface area (Å²) in [6.45, 7) is 0. The molecule has 0 spiro atoms. The van der Waals surface area contributed by atoms with E-state index < -0.39 is 0 Å². The van der Waals surface area contributed by atoms with Crippen LogP contribution in [0.1, 0.15) is 5.56 Å². The summed E-state index contributed by atoms with van der Waals surface area (Å²) in [7, 11) is 0. The topological polar surface area (TPSA) is 86.8 Å². The lowest BCUT2D eigenvalue weighted by Gasteiger charge is -2.09. The average Bonchev–Trinajstić information content (AvgIpc) is 3.33. The van der Waals surface area contributed by atoms with E-state index in [9.17, 15) is 5.26 Å². The van der Waals surface area contributed by atoms with Gasteiger partial charge in [-0.2, -0.15) is 5.26 Å². The average molecular weight is 454 g/mol. The molecular formula is C29H19N5O. The van der Waals surface area contributed by atoms with Crippen molar-refractivity contribution in [1.82, 2.24) is 9.97 Å². The summed E-state index contributed by atoms with van der Waals surface area (Å²) in [6, 6.07) is 33.4. The summed E-state index contributed by atoms with van der Waals surface area (Å²) < 4.78 is 6.05. The van der Waals surface area contributed by atoms with Crippen molar-refractivity contribution in [2.75, 3.05) is 10.6 Å². The first kappa shape index (κ1) is 20.5. The first-order chi connectivity index (χ1) is 17.2. The molecule has 35 heavy (non-hydrogen) atoms. The molecule has 2 heterocycles. The zero-order chi connectivity index (χ0) is 23.6. The second-order valence-electron chi connectivity index (χ2n) is 8.10. The van der Waals surface area contributed by atoms with Crippen LogP contribution in [-0.2, 0) is 0 Å². The number of aromatic nitrogens is 2. The molecule has 0 saturated heterocycles. The van der Waals surface area contributed by atoms with Gasteiger partial charge in [0.25, 0.3) is 0 Å². The largest absolute Gasteiger partial charge is 0.436 e. The summed E-state index contributed by atoms with van der Waals surface area (Å²) >= 11 is 0. The number of pyridine rings is 1. The molecule has 0 saturated carbocycles. The van der Waals surface area contributed by atoms with E-state index >= 15 is 0 Å². The monoisotopic (exact) mass is 453 g/mol. The summed E-state index contributed by atoms with van der Waals surface area (Å²) in [6.07, 6.45) is 1.75. The van der Waals surface area contributed by atoms with Gasteiger partial charge in [-0.1, -0.05) is 24.3 Å². The quantitative estimate of drug-likeness (QED) is 0.283. The zero-order valence-corrected chi connectivity index (χ0v) is 18.6. The fourth-order valence-corrected chi connectivity index (χ4v) is 4.03. The van der Waals surface area contributed by atoms with Gasteiger partial charge in [0.1, 0.15) is 5.52 Å². The molecule has 0 radical (unpaired) electrons. The van der Waals surface area contributed by atoms with Crippen LogP contribution in [0.4, 0.5) is 22.7 Å². The van der Waals surface area contributed by atoms with Crippen LogP contribution < -0.4 is 10.6 Å². The van der Waals surface area contributed by atoms with Crippen LogP contribution in [-0.4, -0.2) is 9.97 Å². The molecule has 6 heteroatoms. The van der Waals surface area contributed by atoms with Gasteiger partial charge in [0.2, 0.25) is 5.89 Å². The number of nitriles is 1. The maximum absolute atomic E-state index is 9.27. The van der Waals surface area contributed by atoms with Crippen molar-refractivity contribution < 1.29 is 4.42 Å². The molecule has 2 N–H and O–H groups in total. The third-order valence-corrected chi connectivity index (χ3v) is 5.71. The number of nitrogens with zero attached hydrogens (tertiary/aromatic N) is 3. The van der Waals surface area contributed by atoms with Crippen molar-refractivity contribution in [1.29, 1.82) is 5.26 Å². The fraction of sp³-hybridized carbons (Fsp3) is 0. The number of oxazole rings is 1. The lowest BCUT2D eigenvalue weighted by Crippen LogP contribution is -1.93. The van der Waals surface area contributed by atoms with Gasteiger partial charge in [0.05, 0.1) is 17.1 Å². The molecule has 0 atom stereocenters. The molecule has 0 fully saturated rings. The van der Waals surface area contributed by atoms with Crippen molar-refractivity contribution >= 4 is 44.8 Å². The first-order valence-electron chi connectivity index (χ1n) is 11.1. The number of hydrogen-bond donors (Lipinski definition) is 2. The van der Waals surface area contributed by atoms with Crippen LogP contribution in [0.3, 0.4) is 0 Å². The highest BCUT2D eigenvalue weighted by Gasteiger charge is 2.11. The van der Waals surface area contributed by atoms with Crippen molar-refractivity contribution in [3.05, 3.63) is 109 Å². The smallest absolute Gasteiger partial charge is 0.227 e. The summed E-state index contributed by atoms with van der Waals surface area (Å²) in [5, 5.41) is 17.0. The molecule has 0 aliphatic heterocycles. The fourth-order valence-electron chi connectivity index (χ4n) is 4.03. The standard InChI is InChI=1S/C29H19N5O/c30-18-19-9-11-25-24(15-19)26(13-14-31-25)33-23-10-12-28-27(17-23)34-29(35-28)20-5-4-8-22(16-20)32-21-6-2-1-3-7-21/h1-17,32H,(H,31,33). The van der Waals surface area contributed by atoms with E-state index in [2.05, 4.69) is 21.7 Å². The van der Waals surface area contributed by atoms with E-state index in [-0.39, 0.29) is 0 Å². The lowest BCUT2D eigenvalue weighted by atomic mass is 10.1. The van der Waals surface area contributed by atoms with Gasteiger partial charge in [-0.25, -0.2) is 4.98 Å². The maximum atomic E-state index is 9.27. The molecule has 0 aliphatic rings. The minimum atomic E-state index is 0.557. The molecule has 166 valence electrons. The summed E-state index contributed by atoms with van der Waals surface area (Å²) in [5.74, 6) is 0.557. The molecule has 2 aromatic heterocycles. The minimum Gasteiger partial charge on any atom is -0.436 e. The third kappa shape index (κ3) is 4.14. The number of hydrogen-bond acceptors (Lipinski definition) is 6. The van der Waals surface area contributed by atoms with Gasteiger partial charge in [-0.05, 0) is 72.8 Å².